The third kappa shape index (κ3) is 1.68. The SMILES string of the molecule is CCn1cc(-c2ncnc(N)c2C)cn1. The van der Waals surface area contributed by atoms with Gasteiger partial charge in [0.2, 0.25) is 0 Å². The first-order valence-electron chi connectivity index (χ1n) is 4.82. The molecule has 0 spiro atoms. The van der Waals surface area contributed by atoms with Crippen LogP contribution in [-0.2, 0) is 6.54 Å². The molecule has 5 heteroatoms. The Morgan fingerprint density at radius 1 is 1.40 bits per heavy atom. The van der Waals surface area contributed by atoms with Crippen molar-refractivity contribution in [2.45, 2.75) is 20.4 Å². The summed E-state index contributed by atoms with van der Waals surface area (Å²) in [5.74, 6) is 0.518. The lowest BCUT2D eigenvalue weighted by molar-refractivity contribution is 0.660. The van der Waals surface area contributed by atoms with Crippen LogP contribution in [0.4, 0.5) is 5.82 Å². The van der Waals surface area contributed by atoms with Gasteiger partial charge < -0.3 is 5.73 Å². The monoisotopic (exact) mass is 203 g/mol. The van der Waals surface area contributed by atoms with Crippen molar-refractivity contribution < 1.29 is 0 Å². The van der Waals surface area contributed by atoms with E-state index in [4.69, 9.17) is 5.73 Å². The molecule has 5 nitrogen and oxygen atoms in total. The molecule has 0 bridgehead atoms. The zero-order chi connectivity index (χ0) is 10.8. The number of nitrogens with two attached hydrogens (primary N) is 1. The van der Waals surface area contributed by atoms with Gasteiger partial charge in [-0.1, -0.05) is 0 Å². The van der Waals surface area contributed by atoms with Crippen molar-refractivity contribution in [3.8, 4) is 11.3 Å². The molecule has 2 N–H and O–H groups in total. The van der Waals surface area contributed by atoms with Gasteiger partial charge in [0.05, 0.1) is 11.9 Å². The average Bonchev–Trinajstić information content (AvgIpc) is 2.70. The van der Waals surface area contributed by atoms with E-state index in [-0.39, 0.29) is 0 Å². The predicted molar refractivity (Wildman–Crippen MR) is 58.1 cm³/mol. The van der Waals surface area contributed by atoms with Crippen LogP contribution in [0.15, 0.2) is 18.7 Å². The summed E-state index contributed by atoms with van der Waals surface area (Å²) in [6.07, 6.45) is 5.22. The van der Waals surface area contributed by atoms with Crippen LogP contribution in [0.25, 0.3) is 11.3 Å². The third-order valence-electron chi connectivity index (χ3n) is 2.35. The number of hydrogen-bond donors (Lipinski definition) is 1. The maximum Gasteiger partial charge on any atom is 0.130 e. The van der Waals surface area contributed by atoms with Crippen molar-refractivity contribution in [3.05, 3.63) is 24.3 Å². The Balaban J connectivity index is 2.49. The molecule has 2 aromatic heterocycles. The summed E-state index contributed by atoms with van der Waals surface area (Å²) in [5.41, 5.74) is 8.44. The lowest BCUT2D eigenvalue weighted by Crippen LogP contribution is -1.98. The van der Waals surface area contributed by atoms with Crippen LogP contribution in [0.5, 0.6) is 0 Å². The largest absolute Gasteiger partial charge is 0.383 e. The fourth-order valence-electron chi connectivity index (χ4n) is 1.41. The van der Waals surface area contributed by atoms with Crippen molar-refractivity contribution in [2.75, 3.05) is 5.73 Å². The highest BCUT2D eigenvalue weighted by Gasteiger charge is 2.08. The molecule has 0 amide bonds. The van der Waals surface area contributed by atoms with E-state index in [1.807, 2.05) is 24.7 Å². The highest BCUT2D eigenvalue weighted by atomic mass is 15.3. The molecule has 0 saturated heterocycles. The van der Waals surface area contributed by atoms with Crippen molar-refractivity contribution in [3.63, 3.8) is 0 Å². The fraction of sp³-hybridized carbons (Fsp3) is 0.300. The molecule has 0 aromatic carbocycles. The topological polar surface area (TPSA) is 69.6 Å². The predicted octanol–water partition coefficient (Wildman–Crippen LogP) is 1.25. The van der Waals surface area contributed by atoms with Gasteiger partial charge in [0.1, 0.15) is 12.1 Å². The molecular formula is C10H13N5. The lowest BCUT2D eigenvalue weighted by Gasteiger charge is -2.03. The molecular weight excluding hydrogens is 190 g/mol. The standard InChI is InChI=1S/C10H13N5/c1-3-15-5-8(4-14-15)9-7(2)10(11)13-6-12-9/h4-6H,3H2,1-2H3,(H2,11,12,13). The first kappa shape index (κ1) is 9.64. The molecule has 0 aliphatic carbocycles. The summed E-state index contributed by atoms with van der Waals surface area (Å²) in [6, 6.07) is 0. The normalized spacial score (nSPS) is 10.5. The van der Waals surface area contributed by atoms with Crippen LogP contribution in [0.3, 0.4) is 0 Å². The van der Waals surface area contributed by atoms with Crippen LogP contribution < -0.4 is 5.73 Å². The van der Waals surface area contributed by atoms with Gasteiger partial charge in [-0.05, 0) is 13.8 Å². The lowest BCUT2D eigenvalue weighted by atomic mass is 10.1. The van der Waals surface area contributed by atoms with E-state index < -0.39 is 0 Å². The smallest absolute Gasteiger partial charge is 0.130 e. The number of nitrogen functional groups attached to an aromatic ring is 1. The van der Waals surface area contributed by atoms with Gasteiger partial charge in [-0.15, -0.1) is 0 Å². The van der Waals surface area contributed by atoms with E-state index in [0.717, 1.165) is 23.4 Å². The van der Waals surface area contributed by atoms with Gasteiger partial charge in [0.25, 0.3) is 0 Å². The number of aromatic nitrogens is 4. The molecule has 0 aliphatic rings. The molecule has 0 aliphatic heterocycles. The zero-order valence-electron chi connectivity index (χ0n) is 8.81. The van der Waals surface area contributed by atoms with Crippen molar-refractivity contribution in [1.29, 1.82) is 0 Å². The van der Waals surface area contributed by atoms with Crippen LogP contribution in [0.2, 0.25) is 0 Å². The summed E-state index contributed by atoms with van der Waals surface area (Å²) >= 11 is 0. The first-order chi connectivity index (χ1) is 7.22. The first-order valence-corrected chi connectivity index (χ1v) is 4.82. The van der Waals surface area contributed by atoms with E-state index >= 15 is 0 Å². The minimum atomic E-state index is 0.518. The Hall–Kier alpha value is -1.91. The molecule has 0 unspecified atom stereocenters. The molecule has 2 aromatic rings. The number of rotatable bonds is 2. The maximum atomic E-state index is 5.72. The Morgan fingerprint density at radius 3 is 2.87 bits per heavy atom. The molecule has 0 radical (unpaired) electrons. The zero-order valence-corrected chi connectivity index (χ0v) is 8.81. The third-order valence-corrected chi connectivity index (χ3v) is 2.35. The van der Waals surface area contributed by atoms with Crippen LogP contribution in [0, 0.1) is 6.92 Å². The van der Waals surface area contributed by atoms with Crippen LogP contribution >= 0.6 is 0 Å². The summed E-state index contributed by atoms with van der Waals surface area (Å²) in [5, 5.41) is 4.20. The molecule has 0 atom stereocenters. The van der Waals surface area contributed by atoms with Gasteiger partial charge in [-0.3, -0.25) is 4.68 Å². The molecule has 2 heterocycles. The number of hydrogen-bond acceptors (Lipinski definition) is 4. The van der Waals surface area contributed by atoms with Gasteiger partial charge in [-0.25, -0.2) is 9.97 Å². The minimum Gasteiger partial charge on any atom is -0.383 e. The number of aryl methyl sites for hydroxylation is 1. The highest BCUT2D eigenvalue weighted by Crippen LogP contribution is 2.22. The number of anilines is 1. The minimum absolute atomic E-state index is 0.518. The van der Waals surface area contributed by atoms with Crippen molar-refractivity contribution in [2.24, 2.45) is 0 Å². The molecule has 15 heavy (non-hydrogen) atoms. The fourth-order valence-corrected chi connectivity index (χ4v) is 1.41. The van der Waals surface area contributed by atoms with Gasteiger partial charge >= 0.3 is 0 Å². The summed E-state index contributed by atoms with van der Waals surface area (Å²) < 4.78 is 1.85. The molecule has 2 rings (SSSR count). The van der Waals surface area contributed by atoms with Crippen LogP contribution in [0.1, 0.15) is 12.5 Å². The highest BCUT2D eigenvalue weighted by molar-refractivity contribution is 5.65. The van der Waals surface area contributed by atoms with Crippen molar-refractivity contribution in [1.82, 2.24) is 19.7 Å². The maximum absolute atomic E-state index is 5.72. The van der Waals surface area contributed by atoms with E-state index in [9.17, 15) is 0 Å². The second-order valence-electron chi connectivity index (χ2n) is 3.32. The number of nitrogens with zero attached hydrogens (tertiary/aromatic N) is 4. The Kier molecular flexibility index (Phi) is 2.37. The summed E-state index contributed by atoms with van der Waals surface area (Å²) in [7, 11) is 0. The summed E-state index contributed by atoms with van der Waals surface area (Å²) in [6.45, 7) is 4.80. The quantitative estimate of drug-likeness (QED) is 0.797. The van der Waals surface area contributed by atoms with E-state index in [2.05, 4.69) is 15.1 Å². The molecule has 0 saturated carbocycles. The van der Waals surface area contributed by atoms with Crippen LogP contribution in [-0.4, -0.2) is 19.7 Å². The Labute approximate surface area is 88.0 Å². The summed E-state index contributed by atoms with van der Waals surface area (Å²) in [4.78, 5) is 8.14. The van der Waals surface area contributed by atoms with E-state index in [1.54, 1.807) is 6.20 Å². The average molecular weight is 203 g/mol. The second-order valence-corrected chi connectivity index (χ2v) is 3.32. The Bertz CT molecular complexity index is 474. The molecule has 78 valence electrons. The van der Waals surface area contributed by atoms with E-state index in [0.29, 0.717) is 5.82 Å². The second kappa shape index (κ2) is 3.68. The van der Waals surface area contributed by atoms with Gasteiger partial charge in [0, 0.05) is 23.9 Å². The van der Waals surface area contributed by atoms with E-state index in [1.165, 1.54) is 6.33 Å². The van der Waals surface area contributed by atoms with Crippen molar-refractivity contribution >= 4 is 5.82 Å². The molecule has 0 fully saturated rings. The van der Waals surface area contributed by atoms with Gasteiger partial charge in [0.15, 0.2) is 0 Å². The Morgan fingerprint density at radius 2 is 2.20 bits per heavy atom. The van der Waals surface area contributed by atoms with Gasteiger partial charge in [-0.2, -0.15) is 5.10 Å².